The van der Waals surface area contributed by atoms with Crippen molar-refractivity contribution in [3.63, 3.8) is 0 Å². The normalized spacial score (nSPS) is 14.0. The number of rotatable bonds is 9. The summed E-state index contributed by atoms with van der Waals surface area (Å²) in [5, 5.41) is 6.51. The van der Waals surface area contributed by atoms with Crippen LogP contribution in [-0.2, 0) is 22.9 Å². The van der Waals surface area contributed by atoms with Crippen molar-refractivity contribution in [2.24, 2.45) is 10.9 Å². The fraction of sp³-hybridized carbons (Fsp3) is 0.455. The molecule has 2 aromatic rings. The maximum absolute atomic E-state index is 11.8. The first-order valence-electron chi connectivity index (χ1n) is 10.2. The number of pyridine rings is 1. The van der Waals surface area contributed by atoms with Crippen LogP contribution < -0.4 is 15.4 Å². The third-order valence-electron chi connectivity index (χ3n) is 4.82. The number of nitrogens with one attached hydrogen (secondary N) is 2. The molecule has 0 saturated heterocycles. The van der Waals surface area contributed by atoms with Gasteiger partial charge in [0.1, 0.15) is 0 Å². The standard InChI is InChI=1S/C22H30N4O3S.HI/c1-4-23-22(25-12-18-7-9-20(16(2)11-18)30(3,27)28)26-14-19-8-10-21(24-13-19)29-15-17-5-6-17;/h7-11,13,17H,4-6,12,14-15H2,1-3H3,(H2,23,25,26);1H. The van der Waals surface area contributed by atoms with Gasteiger partial charge in [-0.25, -0.2) is 18.4 Å². The zero-order valence-corrected chi connectivity index (χ0v) is 21.4. The van der Waals surface area contributed by atoms with Crippen molar-refractivity contribution in [1.29, 1.82) is 0 Å². The number of aryl methyl sites for hydroxylation is 1. The summed E-state index contributed by atoms with van der Waals surface area (Å²) in [6.45, 7) is 6.36. The molecule has 0 atom stereocenters. The highest BCUT2D eigenvalue weighted by atomic mass is 127. The molecule has 1 aromatic carbocycles. The third kappa shape index (κ3) is 8.29. The minimum atomic E-state index is -3.21. The lowest BCUT2D eigenvalue weighted by Gasteiger charge is -2.13. The topological polar surface area (TPSA) is 92.7 Å². The Labute approximate surface area is 202 Å². The summed E-state index contributed by atoms with van der Waals surface area (Å²) in [6, 6.07) is 9.24. The number of aromatic nitrogens is 1. The minimum Gasteiger partial charge on any atom is -0.477 e. The maximum Gasteiger partial charge on any atom is 0.213 e. The van der Waals surface area contributed by atoms with Crippen LogP contribution in [0.2, 0.25) is 0 Å². The third-order valence-corrected chi connectivity index (χ3v) is 6.08. The summed E-state index contributed by atoms with van der Waals surface area (Å²) in [5.74, 6) is 2.06. The molecule has 0 aliphatic heterocycles. The second-order valence-corrected chi connectivity index (χ2v) is 9.66. The molecule has 1 aromatic heterocycles. The highest BCUT2D eigenvalue weighted by molar-refractivity contribution is 14.0. The number of nitrogens with zero attached hydrogens (tertiary/aromatic N) is 2. The van der Waals surface area contributed by atoms with Crippen molar-refractivity contribution in [3.05, 3.63) is 53.2 Å². The van der Waals surface area contributed by atoms with E-state index in [0.29, 0.717) is 35.7 Å². The van der Waals surface area contributed by atoms with Crippen LogP contribution in [0.3, 0.4) is 0 Å². The largest absolute Gasteiger partial charge is 0.477 e. The average Bonchev–Trinajstić information content (AvgIpc) is 3.53. The fourth-order valence-corrected chi connectivity index (χ4v) is 3.97. The van der Waals surface area contributed by atoms with E-state index < -0.39 is 9.84 Å². The van der Waals surface area contributed by atoms with Crippen molar-refractivity contribution in [1.82, 2.24) is 15.6 Å². The van der Waals surface area contributed by atoms with Crippen molar-refractivity contribution in [2.45, 2.75) is 44.7 Å². The van der Waals surface area contributed by atoms with Crippen LogP contribution in [0.1, 0.15) is 36.5 Å². The van der Waals surface area contributed by atoms with Crippen molar-refractivity contribution >= 4 is 39.8 Å². The van der Waals surface area contributed by atoms with Crippen molar-refractivity contribution in [3.8, 4) is 5.88 Å². The van der Waals surface area contributed by atoms with Crippen LogP contribution in [0.5, 0.6) is 5.88 Å². The molecule has 1 heterocycles. The number of hydrogen-bond acceptors (Lipinski definition) is 5. The number of hydrogen-bond donors (Lipinski definition) is 2. The molecule has 7 nitrogen and oxygen atoms in total. The van der Waals surface area contributed by atoms with Gasteiger partial charge in [-0.05, 0) is 55.4 Å². The number of sulfone groups is 1. The second kappa shape index (κ2) is 11.7. The van der Waals surface area contributed by atoms with E-state index in [1.165, 1.54) is 19.1 Å². The summed E-state index contributed by atoms with van der Waals surface area (Å²) in [6.07, 6.45) is 5.54. The molecule has 1 fully saturated rings. The van der Waals surface area contributed by atoms with Gasteiger partial charge in [0.15, 0.2) is 15.8 Å². The van der Waals surface area contributed by atoms with E-state index in [1.54, 1.807) is 12.3 Å². The first-order chi connectivity index (χ1) is 14.3. The van der Waals surface area contributed by atoms with E-state index in [4.69, 9.17) is 4.74 Å². The Bertz CT molecular complexity index is 990. The Morgan fingerprint density at radius 2 is 1.94 bits per heavy atom. The second-order valence-electron chi connectivity index (χ2n) is 7.68. The number of halogens is 1. The summed E-state index contributed by atoms with van der Waals surface area (Å²) >= 11 is 0. The number of ether oxygens (including phenoxy) is 1. The fourth-order valence-electron chi connectivity index (χ4n) is 3.01. The van der Waals surface area contributed by atoms with Gasteiger partial charge >= 0.3 is 0 Å². The molecule has 1 saturated carbocycles. The summed E-state index contributed by atoms with van der Waals surface area (Å²) in [7, 11) is -3.21. The van der Waals surface area contributed by atoms with Gasteiger partial charge in [-0.2, -0.15) is 0 Å². The summed E-state index contributed by atoms with van der Waals surface area (Å²) in [5.41, 5.74) is 2.73. The predicted octanol–water partition coefficient (Wildman–Crippen LogP) is 3.46. The number of benzene rings is 1. The lowest BCUT2D eigenvalue weighted by atomic mass is 10.1. The molecule has 0 bridgehead atoms. The molecule has 1 aliphatic rings. The lowest BCUT2D eigenvalue weighted by molar-refractivity contribution is 0.288. The van der Waals surface area contributed by atoms with Gasteiger partial charge in [0.2, 0.25) is 5.88 Å². The summed E-state index contributed by atoms with van der Waals surface area (Å²) in [4.78, 5) is 9.33. The van der Waals surface area contributed by atoms with E-state index in [0.717, 1.165) is 29.8 Å². The Kier molecular flexibility index (Phi) is 9.54. The number of aliphatic imine (C=N–C) groups is 1. The highest BCUT2D eigenvalue weighted by Gasteiger charge is 2.22. The molecule has 0 amide bonds. The Hall–Kier alpha value is -1.88. The molecule has 0 radical (unpaired) electrons. The van der Waals surface area contributed by atoms with E-state index in [9.17, 15) is 8.42 Å². The Morgan fingerprint density at radius 3 is 2.52 bits per heavy atom. The lowest BCUT2D eigenvalue weighted by Crippen LogP contribution is -2.36. The van der Waals surface area contributed by atoms with Gasteiger partial charge in [-0.3, -0.25) is 0 Å². The van der Waals surface area contributed by atoms with Crippen molar-refractivity contribution < 1.29 is 13.2 Å². The van der Waals surface area contributed by atoms with Crippen LogP contribution in [0.4, 0.5) is 0 Å². The highest BCUT2D eigenvalue weighted by Crippen LogP contribution is 2.29. The summed E-state index contributed by atoms with van der Waals surface area (Å²) < 4.78 is 29.2. The molecule has 31 heavy (non-hydrogen) atoms. The van der Waals surface area contributed by atoms with Gasteiger partial charge in [0, 0.05) is 31.6 Å². The molecule has 2 N–H and O–H groups in total. The van der Waals surface area contributed by atoms with Gasteiger partial charge in [-0.1, -0.05) is 18.2 Å². The van der Waals surface area contributed by atoms with E-state index in [2.05, 4.69) is 20.6 Å². The maximum atomic E-state index is 11.8. The van der Waals surface area contributed by atoms with Gasteiger partial charge in [0.25, 0.3) is 0 Å². The molecule has 170 valence electrons. The zero-order chi connectivity index (χ0) is 21.6. The molecule has 3 rings (SSSR count). The minimum absolute atomic E-state index is 0. The number of guanidine groups is 1. The molecule has 1 aliphatic carbocycles. The SMILES string of the molecule is CCNC(=NCc1ccc(OCC2CC2)nc1)NCc1ccc(S(C)(=O)=O)c(C)c1.I. The zero-order valence-electron chi connectivity index (χ0n) is 18.2. The first kappa shape index (κ1) is 25.4. The molecule has 0 spiro atoms. The molecular weight excluding hydrogens is 527 g/mol. The van der Waals surface area contributed by atoms with Crippen molar-refractivity contribution in [2.75, 3.05) is 19.4 Å². The van der Waals surface area contributed by atoms with E-state index in [-0.39, 0.29) is 24.0 Å². The van der Waals surface area contributed by atoms with Crippen LogP contribution in [0.25, 0.3) is 0 Å². The molecule has 9 heteroatoms. The Morgan fingerprint density at radius 1 is 1.19 bits per heavy atom. The van der Waals surface area contributed by atoms with Crippen LogP contribution in [-0.4, -0.2) is 38.8 Å². The van der Waals surface area contributed by atoms with Crippen LogP contribution in [0.15, 0.2) is 46.4 Å². The monoisotopic (exact) mass is 558 g/mol. The van der Waals surface area contributed by atoms with Gasteiger partial charge in [0.05, 0.1) is 18.0 Å². The van der Waals surface area contributed by atoms with Gasteiger partial charge in [-0.15, -0.1) is 24.0 Å². The Balaban J connectivity index is 0.00000341. The quantitative estimate of drug-likeness (QED) is 0.278. The van der Waals surface area contributed by atoms with Gasteiger partial charge < -0.3 is 15.4 Å². The van der Waals surface area contributed by atoms with E-state index in [1.807, 2.05) is 38.1 Å². The smallest absolute Gasteiger partial charge is 0.213 e. The molecule has 0 unspecified atom stereocenters. The average molecular weight is 558 g/mol. The molecular formula is C22H31IN4O3S. The van der Waals surface area contributed by atoms with Crippen LogP contribution in [0, 0.1) is 12.8 Å². The van der Waals surface area contributed by atoms with E-state index >= 15 is 0 Å². The van der Waals surface area contributed by atoms with Crippen LogP contribution >= 0.6 is 24.0 Å². The first-order valence-corrected chi connectivity index (χ1v) is 12.1. The predicted molar refractivity (Wildman–Crippen MR) is 134 cm³/mol.